The van der Waals surface area contributed by atoms with Gasteiger partial charge in [-0.2, -0.15) is 5.10 Å². The molecule has 3 aromatic heterocycles. The zero-order valence-electron chi connectivity index (χ0n) is 16.6. The summed E-state index contributed by atoms with van der Waals surface area (Å²) in [7, 11) is 1.62. The highest BCUT2D eigenvalue weighted by Crippen LogP contribution is 2.34. The second-order valence-corrected chi connectivity index (χ2v) is 6.31. The Morgan fingerprint density at radius 2 is 2.07 bits per heavy atom. The predicted octanol–water partition coefficient (Wildman–Crippen LogP) is 3.54. The zero-order valence-corrected chi connectivity index (χ0v) is 16.6. The van der Waals surface area contributed by atoms with E-state index >= 15 is 0 Å². The van der Waals surface area contributed by atoms with E-state index in [2.05, 4.69) is 16.1 Å². The second-order valence-electron chi connectivity index (χ2n) is 6.31. The van der Waals surface area contributed by atoms with Gasteiger partial charge in [-0.25, -0.2) is 14.5 Å². The summed E-state index contributed by atoms with van der Waals surface area (Å²) in [5, 5.41) is 5.37. The molecule has 3 rings (SSSR count). The Bertz CT molecular complexity index is 1020. The molecule has 0 saturated heterocycles. The number of rotatable bonds is 7. The van der Waals surface area contributed by atoms with Crippen molar-refractivity contribution in [1.29, 1.82) is 0 Å². The first-order valence-electron chi connectivity index (χ1n) is 9.23. The van der Waals surface area contributed by atoms with Crippen LogP contribution in [0, 0.1) is 6.92 Å². The third-order valence-corrected chi connectivity index (χ3v) is 4.32. The Hall–Kier alpha value is -3.06. The fourth-order valence-electron chi connectivity index (χ4n) is 3.15. The maximum absolute atomic E-state index is 11.9. The van der Waals surface area contributed by atoms with Crippen molar-refractivity contribution < 1.29 is 14.3 Å². The highest BCUT2D eigenvalue weighted by atomic mass is 16.5. The van der Waals surface area contributed by atoms with E-state index in [9.17, 15) is 4.79 Å². The molecule has 0 saturated carbocycles. The third kappa shape index (κ3) is 3.94. The highest BCUT2D eigenvalue weighted by Gasteiger charge is 2.18. The molecule has 0 amide bonds. The molecular formula is C21H24N4O3. The van der Waals surface area contributed by atoms with Crippen molar-refractivity contribution in [1.82, 2.24) is 19.7 Å². The SMILES string of the molecule is CCOC(=O)C=Cc1c(COC)nc2c(cnn2CC)c1-c1cncc(C)c1. The van der Waals surface area contributed by atoms with Crippen molar-refractivity contribution in [2.75, 3.05) is 13.7 Å². The molecule has 3 aromatic rings. The fourth-order valence-corrected chi connectivity index (χ4v) is 3.15. The Morgan fingerprint density at radius 3 is 2.75 bits per heavy atom. The van der Waals surface area contributed by atoms with Gasteiger partial charge in [0.1, 0.15) is 0 Å². The molecule has 0 radical (unpaired) electrons. The van der Waals surface area contributed by atoms with Gasteiger partial charge in [0.05, 0.1) is 25.1 Å². The number of carbonyl (C=O) groups excluding carboxylic acids is 1. The third-order valence-electron chi connectivity index (χ3n) is 4.32. The van der Waals surface area contributed by atoms with Crippen LogP contribution in [0.4, 0.5) is 0 Å². The van der Waals surface area contributed by atoms with Gasteiger partial charge in [-0.1, -0.05) is 0 Å². The summed E-state index contributed by atoms with van der Waals surface area (Å²) in [4.78, 5) is 21.0. The van der Waals surface area contributed by atoms with Gasteiger partial charge in [-0.15, -0.1) is 0 Å². The monoisotopic (exact) mass is 380 g/mol. The minimum absolute atomic E-state index is 0.305. The summed E-state index contributed by atoms with van der Waals surface area (Å²) in [6.07, 6.45) is 8.58. The molecule has 0 aromatic carbocycles. The van der Waals surface area contributed by atoms with Crippen molar-refractivity contribution in [2.45, 2.75) is 33.9 Å². The lowest BCUT2D eigenvalue weighted by molar-refractivity contribution is -0.137. The first kappa shape index (κ1) is 19.7. The molecular weight excluding hydrogens is 356 g/mol. The quantitative estimate of drug-likeness (QED) is 0.461. The van der Waals surface area contributed by atoms with E-state index in [0.29, 0.717) is 19.8 Å². The van der Waals surface area contributed by atoms with E-state index in [1.54, 1.807) is 20.1 Å². The summed E-state index contributed by atoms with van der Waals surface area (Å²) in [6.45, 7) is 7.12. The van der Waals surface area contributed by atoms with Crippen LogP contribution in [0.3, 0.4) is 0 Å². The Kier molecular flexibility index (Phi) is 6.16. The molecule has 0 aliphatic rings. The number of ether oxygens (including phenoxy) is 2. The first-order chi connectivity index (χ1) is 13.6. The Balaban J connectivity index is 2.32. The number of nitrogens with zero attached hydrogens (tertiary/aromatic N) is 4. The van der Waals surface area contributed by atoms with Gasteiger partial charge >= 0.3 is 5.97 Å². The van der Waals surface area contributed by atoms with Crippen molar-refractivity contribution in [2.24, 2.45) is 0 Å². The average molecular weight is 380 g/mol. The topological polar surface area (TPSA) is 79.1 Å². The normalized spacial score (nSPS) is 11.4. The molecule has 0 aliphatic heterocycles. The largest absolute Gasteiger partial charge is 0.463 e. The van der Waals surface area contributed by atoms with Gasteiger partial charge in [0.2, 0.25) is 0 Å². The minimum Gasteiger partial charge on any atom is -0.463 e. The lowest BCUT2D eigenvalue weighted by atomic mass is 9.96. The number of hydrogen-bond donors (Lipinski definition) is 0. The van der Waals surface area contributed by atoms with E-state index < -0.39 is 5.97 Å². The number of aromatic nitrogens is 4. The molecule has 7 nitrogen and oxygen atoms in total. The zero-order chi connectivity index (χ0) is 20.1. The molecule has 0 unspecified atom stereocenters. The minimum atomic E-state index is -0.400. The van der Waals surface area contributed by atoms with Crippen molar-refractivity contribution >= 4 is 23.1 Å². The van der Waals surface area contributed by atoms with Crippen molar-refractivity contribution in [3.05, 3.63) is 47.6 Å². The summed E-state index contributed by atoms with van der Waals surface area (Å²) < 4.78 is 12.3. The van der Waals surface area contributed by atoms with E-state index in [4.69, 9.17) is 14.5 Å². The van der Waals surface area contributed by atoms with Crippen LogP contribution in [-0.4, -0.2) is 39.4 Å². The standard InChI is InChI=1S/C21H24N4O3/c1-5-25-21-17(12-23-25)20(15-9-14(3)10-22-11-15)16(18(24-21)13-27-4)7-8-19(26)28-6-2/h7-12H,5-6,13H2,1-4H3. The summed E-state index contributed by atoms with van der Waals surface area (Å²) in [5.74, 6) is -0.400. The smallest absolute Gasteiger partial charge is 0.330 e. The van der Waals surface area contributed by atoms with E-state index in [-0.39, 0.29) is 0 Å². The lowest BCUT2D eigenvalue weighted by Gasteiger charge is -2.14. The fraction of sp³-hybridized carbons (Fsp3) is 0.333. The van der Waals surface area contributed by atoms with Crippen LogP contribution in [-0.2, 0) is 27.4 Å². The molecule has 28 heavy (non-hydrogen) atoms. The molecule has 0 fully saturated rings. The van der Waals surface area contributed by atoms with Crippen LogP contribution >= 0.6 is 0 Å². The van der Waals surface area contributed by atoms with Gasteiger partial charge in [0.15, 0.2) is 5.65 Å². The molecule has 0 spiro atoms. The molecule has 146 valence electrons. The van der Waals surface area contributed by atoms with Gasteiger partial charge in [-0.05, 0) is 38.5 Å². The number of aryl methyl sites for hydroxylation is 2. The van der Waals surface area contributed by atoms with E-state index in [1.807, 2.05) is 37.1 Å². The van der Waals surface area contributed by atoms with Crippen LogP contribution in [0.25, 0.3) is 28.2 Å². The summed E-state index contributed by atoms with van der Waals surface area (Å²) >= 11 is 0. The lowest BCUT2D eigenvalue weighted by Crippen LogP contribution is -2.05. The molecule has 0 bridgehead atoms. The number of carbonyl (C=O) groups is 1. The number of esters is 1. The number of methoxy groups -OCH3 is 1. The number of hydrogen-bond acceptors (Lipinski definition) is 6. The molecule has 0 atom stereocenters. The highest BCUT2D eigenvalue weighted by molar-refractivity contribution is 5.99. The number of fused-ring (bicyclic) bond motifs is 1. The Labute approximate surface area is 164 Å². The van der Waals surface area contributed by atoms with E-state index in [0.717, 1.165) is 39.0 Å². The molecule has 7 heteroatoms. The Morgan fingerprint density at radius 1 is 1.25 bits per heavy atom. The van der Waals surface area contributed by atoms with Crippen LogP contribution in [0.5, 0.6) is 0 Å². The first-order valence-corrected chi connectivity index (χ1v) is 9.23. The van der Waals surface area contributed by atoms with Crippen molar-refractivity contribution in [3.8, 4) is 11.1 Å². The molecule has 0 aliphatic carbocycles. The van der Waals surface area contributed by atoms with Crippen LogP contribution < -0.4 is 0 Å². The van der Waals surface area contributed by atoms with Gasteiger partial charge in [0.25, 0.3) is 0 Å². The molecule has 3 heterocycles. The average Bonchev–Trinajstić information content (AvgIpc) is 3.08. The second kappa shape index (κ2) is 8.75. The van der Waals surface area contributed by atoms with Crippen molar-refractivity contribution in [3.63, 3.8) is 0 Å². The predicted molar refractivity (Wildman–Crippen MR) is 108 cm³/mol. The van der Waals surface area contributed by atoms with Crippen LogP contribution in [0.1, 0.15) is 30.7 Å². The van der Waals surface area contributed by atoms with Gasteiger partial charge in [-0.3, -0.25) is 4.98 Å². The maximum Gasteiger partial charge on any atom is 0.330 e. The summed E-state index contributed by atoms with van der Waals surface area (Å²) in [5.41, 5.74) is 5.20. The number of pyridine rings is 2. The van der Waals surface area contributed by atoms with E-state index in [1.165, 1.54) is 6.08 Å². The van der Waals surface area contributed by atoms with Gasteiger partial charge < -0.3 is 9.47 Å². The van der Waals surface area contributed by atoms with Crippen LogP contribution in [0.15, 0.2) is 30.7 Å². The maximum atomic E-state index is 11.9. The van der Waals surface area contributed by atoms with Gasteiger partial charge in [0, 0.05) is 54.2 Å². The molecule has 0 N–H and O–H groups in total. The summed E-state index contributed by atoms with van der Waals surface area (Å²) in [6, 6.07) is 2.06. The van der Waals surface area contributed by atoms with Crippen LogP contribution in [0.2, 0.25) is 0 Å².